The number of esters is 1. The van der Waals surface area contributed by atoms with Gasteiger partial charge in [-0.2, -0.15) is 0 Å². The SMILES string of the molecule is [2H]C([2H])([2H])OC(=O)c1cnc(Cl)c(Br)c1. The van der Waals surface area contributed by atoms with E-state index in [2.05, 4.69) is 25.7 Å². The molecule has 3 nitrogen and oxygen atoms in total. The van der Waals surface area contributed by atoms with Gasteiger partial charge in [-0.1, -0.05) is 11.6 Å². The van der Waals surface area contributed by atoms with Crippen LogP contribution in [0.3, 0.4) is 0 Å². The molecule has 0 saturated carbocycles. The molecular formula is C7H5BrClNO2. The van der Waals surface area contributed by atoms with Crippen molar-refractivity contribution >= 4 is 33.5 Å². The predicted molar refractivity (Wildman–Crippen MR) is 48.3 cm³/mol. The van der Waals surface area contributed by atoms with E-state index >= 15 is 0 Å². The van der Waals surface area contributed by atoms with Crippen LogP contribution in [0.5, 0.6) is 0 Å². The van der Waals surface area contributed by atoms with Crippen molar-refractivity contribution in [2.45, 2.75) is 0 Å². The summed E-state index contributed by atoms with van der Waals surface area (Å²) < 4.78 is 24.8. The Balaban J connectivity index is 2.88. The maximum Gasteiger partial charge on any atom is 0.339 e. The minimum atomic E-state index is -2.76. The van der Waals surface area contributed by atoms with Crippen molar-refractivity contribution < 1.29 is 13.6 Å². The number of carbonyl (C=O) groups excluding carboxylic acids is 1. The van der Waals surface area contributed by atoms with Crippen molar-refractivity contribution in [3.05, 3.63) is 27.5 Å². The Hall–Kier alpha value is -0.610. The van der Waals surface area contributed by atoms with Crippen LogP contribution >= 0.6 is 27.5 Å². The third-order valence-corrected chi connectivity index (χ3v) is 2.26. The van der Waals surface area contributed by atoms with Gasteiger partial charge in [0.15, 0.2) is 0 Å². The molecular weight excluding hydrogens is 245 g/mol. The molecule has 0 atom stereocenters. The van der Waals surface area contributed by atoms with Crippen molar-refractivity contribution in [3.63, 3.8) is 0 Å². The summed E-state index contributed by atoms with van der Waals surface area (Å²) in [4.78, 5) is 14.9. The van der Waals surface area contributed by atoms with Crippen LogP contribution < -0.4 is 0 Å². The van der Waals surface area contributed by atoms with Crippen molar-refractivity contribution in [2.24, 2.45) is 0 Å². The van der Waals surface area contributed by atoms with E-state index < -0.39 is 13.0 Å². The molecule has 5 heteroatoms. The van der Waals surface area contributed by atoms with Gasteiger partial charge in [-0.3, -0.25) is 0 Å². The number of pyridine rings is 1. The number of methoxy groups -OCH3 is 1. The minimum absolute atomic E-state index is 0.0161. The second-order valence-electron chi connectivity index (χ2n) is 1.89. The van der Waals surface area contributed by atoms with Crippen molar-refractivity contribution in [1.29, 1.82) is 0 Å². The summed E-state index contributed by atoms with van der Waals surface area (Å²) in [7, 11) is -2.76. The molecule has 0 bridgehead atoms. The van der Waals surface area contributed by atoms with Crippen LogP contribution in [0.4, 0.5) is 0 Å². The van der Waals surface area contributed by atoms with E-state index in [1.54, 1.807) is 0 Å². The van der Waals surface area contributed by atoms with Crippen LogP contribution in [0.25, 0.3) is 0 Å². The smallest absolute Gasteiger partial charge is 0.339 e. The summed E-state index contributed by atoms with van der Waals surface area (Å²) in [6.07, 6.45) is 1.14. The zero-order valence-electron chi connectivity index (χ0n) is 8.67. The van der Waals surface area contributed by atoms with Crippen LogP contribution in [-0.4, -0.2) is 18.0 Å². The first kappa shape index (κ1) is 5.94. The summed E-state index contributed by atoms with van der Waals surface area (Å²) >= 11 is 8.65. The fourth-order valence-electron chi connectivity index (χ4n) is 0.592. The van der Waals surface area contributed by atoms with Gasteiger partial charge in [0.1, 0.15) is 5.15 Å². The Kier molecular flexibility index (Phi) is 1.91. The number of carbonyl (C=O) groups is 1. The highest BCUT2D eigenvalue weighted by Gasteiger charge is 2.07. The van der Waals surface area contributed by atoms with Crippen LogP contribution in [0.15, 0.2) is 16.7 Å². The van der Waals surface area contributed by atoms with Gasteiger partial charge in [0.2, 0.25) is 0 Å². The maximum absolute atomic E-state index is 11.2. The quantitative estimate of drug-likeness (QED) is 0.569. The van der Waals surface area contributed by atoms with Gasteiger partial charge >= 0.3 is 5.97 Å². The average molecular weight is 253 g/mol. The molecule has 1 aromatic heterocycles. The first-order valence-corrected chi connectivity index (χ1v) is 4.01. The van der Waals surface area contributed by atoms with Crippen LogP contribution in [0.1, 0.15) is 14.5 Å². The van der Waals surface area contributed by atoms with E-state index in [9.17, 15) is 4.79 Å². The van der Waals surface area contributed by atoms with E-state index in [0.29, 0.717) is 4.47 Å². The summed E-state index contributed by atoms with van der Waals surface area (Å²) in [5.74, 6) is -0.972. The molecule has 0 aliphatic heterocycles. The molecule has 0 aliphatic carbocycles. The molecule has 1 heterocycles. The Morgan fingerprint density at radius 2 is 2.67 bits per heavy atom. The van der Waals surface area contributed by atoms with Crippen molar-refractivity contribution in [2.75, 3.05) is 7.04 Å². The van der Waals surface area contributed by atoms with E-state index in [0.717, 1.165) is 6.20 Å². The van der Waals surface area contributed by atoms with Gasteiger partial charge in [0, 0.05) is 6.20 Å². The standard InChI is InChI=1S/C7H5BrClNO2/c1-12-7(11)4-2-5(8)6(9)10-3-4/h2-3H,1H3/i1D3. The molecule has 12 heavy (non-hydrogen) atoms. The second kappa shape index (κ2) is 3.87. The monoisotopic (exact) mass is 252 g/mol. The molecule has 64 valence electrons. The van der Waals surface area contributed by atoms with E-state index in [1.165, 1.54) is 6.07 Å². The third-order valence-electron chi connectivity index (χ3n) is 1.12. The summed E-state index contributed by atoms with van der Waals surface area (Å²) in [5.41, 5.74) is 0.0161. The summed E-state index contributed by atoms with van der Waals surface area (Å²) in [6, 6.07) is 1.34. The molecule has 1 aromatic rings. The van der Waals surface area contributed by atoms with E-state index in [-0.39, 0.29) is 10.7 Å². The lowest BCUT2D eigenvalue weighted by molar-refractivity contribution is 0.0600. The maximum atomic E-state index is 11.2. The van der Waals surface area contributed by atoms with Gasteiger partial charge in [0.05, 0.1) is 21.2 Å². The highest BCUT2D eigenvalue weighted by molar-refractivity contribution is 9.10. The molecule has 0 spiro atoms. The number of rotatable bonds is 1. The Labute approximate surface area is 87.0 Å². The van der Waals surface area contributed by atoms with Gasteiger partial charge in [-0.25, -0.2) is 9.78 Å². The number of nitrogens with zero attached hydrogens (tertiary/aromatic N) is 1. The summed E-state index contributed by atoms with van der Waals surface area (Å²) in [5, 5.41) is 0.181. The Bertz CT molecular complexity index is 396. The largest absolute Gasteiger partial charge is 0.465 e. The van der Waals surface area contributed by atoms with Crippen LogP contribution in [0, 0.1) is 0 Å². The molecule has 1 rings (SSSR count). The first-order chi connectivity index (χ1) is 6.79. The minimum Gasteiger partial charge on any atom is -0.465 e. The molecule has 0 aromatic carbocycles. The molecule has 0 radical (unpaired) electrons. The first-order valence-electron chi connectivity index (χ1n) is 4.34. The molecule has 0 N–H and O–H groups in total. The van der Waals surface area contributed by atoms with Crippen molar-refractivity contribution in [3.8, 4) is 0 Å². The number of ether oxygens (including phenoxy) is 1. The van der Waals surface area contributed by atoms with Gasteiger partial charge in [-0.15, -0.1) is 0 Å². The fraction of sp³-hybridized carbons (Fsp3) is 0.143. The lowest BCUT2D eigenvalue weighted by Gasteiger charge is -1.99. The van der Waals surface area contributed by atoms with E-state index in [4.69, 9.17) is 15.7 Å². The zero-order valence-corrected chi connectivity index (χ0v) is 8.02. The Morgan fingerprint density at radius 1 is 1.92 bits per heavy atom. The molecule has 0 fully saturated rings. The molecule has 0 unspecified atom stereocenters. The van der Waals surface area contributed by atoms with E-state index in [1.807, 2.05) is 0 Å². The lowest BCUT2D eigenvalue weighted by atomic mass is 10.3. The fourth-order valence-corrected chi connectivity index (χ4v) is 1.04. The normalized spacial score (nSPS) is 14.3. The van der Waals surface area contributed by atoms with Crippen molar-refractivity contribution in [1.82, 2.24) is 4.98 Å². The summed E-state index contributed by atoms with van der Waals surface area (Å²) in [6.45, 7) is 0. The highest BCUT2D eigenvalue weighted by atomic mass is 79.9. The van der Waals surface area contributed by atoms with Crippen LogP contribution in [-0.2, 0) is 4.74 Å². The second-order valence-corrected chi connectivity index (χ2v) is 3.10. The third kappa shape index (κ3) is 1.95. The number of halogens is 2. The number of hydrogen-bond donors (Lipinski definition) is 0. The number of aromatic nitrogens is 1. The highest BCUT2D eigenvalue weighted by Crippen LogP contribution is 2.20. The Morgan fingerprint density at radius 3 is 3.25 bits per heavy atom. The average Bonchev–Trinajstić information content (AvgIpc) is 2.06. The molecule has 0 amide bonds. The van der Waals surface area contributed by atoms with Gasteiger partial charge < -0.3 is 4.74 Å². The predicted octanol–water partition coefficient (Wildman–Crippen LogP) is 2.28. The van der Waals surface area contributed by atoms with Gasteiger partial charge in [0.25, 0.3) is 0 Å². The van der Waals surface area contributed by atoms with Gasteiger partial charge in [-0.05, 0) is 22.0 Å². The molecule has 0 aliphatic rings. The van der Waals surface area contributed by atoms with Crippen LogP contribution in [0.2, 0.25) is 5.15 Å². The topological polar surface area (TPSA) is 39.2 Å². The number of hydrogen-bond acceptors (Lipinski definition) is 3. The molecule has 0 saturated heterocycles. The zero-order chi connectivity index (χ0) is 11.6. The lowest BCUT2D eigenvalue weighted by Crippen LogP contribution is -2.01.